The smallest absolute Gasteiger partial charge is 0.0780 e. The minimum Gasteiger partial charge on any atom is -0.331 e. The summed E-state index contributed by atoms with van der Waals surface area (Å²) in [4.78, 5) is 0. The van der Waals surface area contributed by atoms with Crippen molar-refractivity contribution in [2.75, 3.05) is 27.7 Å². The maximum Gasteiger partial charge on any atom is 0.0780 e. The lowest BCUT2D eigenvalue weighted by Gasteiger charge is -2.23. The molecule has 0 aromatic rings. The van der Waals surface area contributed by atoms with E-state index in [9.17, 15) is 0 Å². The molecule has 0 aliphatic rings. The first-order valence-electron chi connectivity index (χ1n) is 6.86. The molecule has 0 N–H and O–H groups in total. The summed E-state index contributed by atoms with van der Waals surface area (Å²) in [6.45, 7) is 3.61. The highest BCUT2D eigenvalue weighted by Crippen LogP contribution is 2.10. The van der Waals surface area contributed by atoms with E-state index in [1.54, 1.807) is 0 Å². The van der Waals surface area contributed by atoms with Crippen molar-refractivity contribution in [3.05, 3.63) is 0 Å². The number of rotatable bonds is 10. The highest BCUT2D eigenvalue weighted by atomic mass is 79.9. The van der Waals surface area contributed by atoms with Crippen LogP contribution in [-0.2, 0) is 0 Å². The van der Waals surface area contributed by atoms with E-state index in [2.05, 4.69) is 28.1 Å². The van der Waals surface area contributed by atoms with Crippen LogP contribution in [0.15, 0.2) is 0 Å². The Morgan fingerprint density at radius 2 is 1.00 bits per heavy atom. The van der Waals surface area contributed by atoms with Crippen molar-refractivity contribution in [3.8, 4) is 0 Å². The molecular weight excluding hydrogens is 293 g/mol. The summed E-state index contributed by atoms with van der Waals surface area (Å²) in [5.74, 6) is 0. The van der Waals surface area contributed by atoms with Crippen LogP contribution in [0, 0.1) is 0 Å². The van der Waals surface area contributed by atoms with Crippen LogP contribution < -0.4 is 0 Å². The molecule has 0 aromatic heterocycles. The molecule has 0 bridgehead atoms. The van der Waals surface area contributed by atoms with Crippen molar-refractivity contribution < 1.29 is 4.48 Å². The molecular formula is C14H36BrNP+. The van der Waals surface area contributed by atoms with Crippen LogP contribution in [0.1, 0.15) is 64.7 Å². The third-order valence-corrected chi connectivity index (χ3v) is 2.93. The fourth-order valence-electron chi connectivity index (χ4n) is 1.90. The van der Waals surface area contributed by atoms with Gasteiger partial charge < -0.3 is 4.48 Å². The zero-order valence-electron chi connectivity index (χ0n) is 12.6. The van der Waals surface area contributed by atoms with Gasteiger partial charge in [-0.3, -0.25) is 0 Å². The summed E-state index contributed by atoms with van der Waals surface area (Å²) >= 11 is 0. The second kappa shape index (κ2) is 14.9. The molecule has 0 radical (unpaired) electrons. The zero-order valence-corrected chi connectivity index (χ0v) is 15.8. The Hall–Kier alpha value is 0.870. The highest BCUT2D eigenvalue weighted by molar-refractivity contribution is 8.93. The number of hydrogen-bond acceptors (Lipinski definition) is 0. The monoisotopic (exact) mass is 328 g/mol. The normalized spacial score (nSPS) is 10.6. The van der Waals surface area contributed by atoms with Crippen LogP contribution in [-0.4, -0.2) is 32.2 Å². The van der Waals surface area contributed by atoms with Crippen LogP contribution in [0.3, 0.4) is 0 Å². The highest BCUT2D eigenvalue weighted by Gasteiger charge is 2.04. The number of unbranched alkanes of at least 4 members (excludes halogenated alkanes) is 8. The summed E-state index contributed by atoms with van der Waals surface area (Å²) in [6.07, 6.45) is 12.9. The van der Waals surface area contributed by atoms with Crippen LogP contribution in [0.25, 0.3) is 0 Å². The minimum absolute atomic E-state index is 0. The second-order valence-corrected chi connectivity index (χ2v) is 5.84. The van der Waals surface area contributed by atoms with Gasteiger partial charge in [-0.2, -0.15) is 9.90 Å². The fourth-order valence-corrected chi connectivity index (χ4v) is 1.90. The third-order valence-electron chi connectivity index (χ3n) is 2.93. The van der Waals surface area contributed by atoms with Gasteiger partial charge in [-0.05, 0) is 12.8 Å². The van der Waals surface area contributed by atoms with Crippen molar-refractivity contribution in [3.63, 3.8) is 0 Å². The molecule has 0 fully saturated rings. The predicted molar refractivity (Wildman–Crippen MR) is 91.6 cm³/mol. The largest absolute Gasteiger partial charge is 0.331 e. The van der Waals surface area contributed by atoms with Gasteiger partial charge in [0.25, 0.3) is 0 Å². The van der Waals surface area contributed by atoms with Gasteiger partial charge in [0.05, 0.1) is 27.7 Å². The maximum absolute atomic E-state index is 2.28. The van der Waals surface area contributed by atoms with Crippen molar-refractivity contribution in [1.82, 2.24) is 0 Å². The topological polar surface area (TPSA) is 0 Å². The van der Waals surface area contributed by atoms with Crippen LogP contribution in [0.4, 0.5) is 0 Å². The van der Waals surface area contributed by atoms with E-state index < -0.39 is 0 Å². The van der Waals surface area contributed by atoms with E-state index in [1.807, 2.05) is 0 Å². The molecule has 17 heavy (non-hydrogen) atoms. The van der Waals surface area contributed by atoms with Gasteiger partial charge in [-0.25, -0.2) is 0 Å². The molecule has 0 aliphatic carbocycles. The summed E-state index contributed by atoms with van der Waals surface area (Å²) in [6, 6.07) is 0. The van der Waals surface area contributed by atoms with E-state index in [0.717, 1.165) is 4.48 Å². The van der Waals surface area contributed by atoms with Gasteiger partial charge in [-0.1, -0.05) is 51.9 Å². The molecule has 0 aliphatic heterocycles. The molecule has 0 heterocycles. The Labute approximate surface area is 124 Å². The first-order chi connectivity index (χ1) is 7.06. The van der Waals surface area contributed by atoms with Crippen molar-refractivity contribution in [1.29, 1.82) is 0 Å². The Balaban J connectivity index is -0.000000980. The van der Waals surface area contributed by atoms with E-state index in [4.69, 9.17) is 0 Å². The minimum atomic E-state index is 0. The maximum atomic E-state index is 2.28. The average molecular weight is 329 g/mol. The third kappa shape index (κ3) is 22.5. The number of halogens is 1. The molecule has 1 atom stereocenters. The van der Waals surface area contributed by atoms with E-state index >= 15 is 0 Å². The Bertz CT molecular complexity index is 135. The molecule has 1 unspecified atom stereocenters. The van der Waals surface area contributed by atoms with Gasteiger partial charge in [0.2, 0.25) is 0 Å². The average Bonchev–Trinajstić information content (AvgIpc) is 2.14. The van der Waals surface area contributed by atoms with Gasteiger partial charge >= 0.3 is 0 Å². The quantitative estimate of drug-likeness (QED) is 0.305. The summed E-state index contributed by atoms with van der Waals surface area (Å²) in [5, 5.41) is 0. The first kappa shape index (κ1) is 23.0. The second-order valence-electron chi connectivity index (χ2n) is 5.84. The predicted octanol–water partition coefficient (Wildman–Crippen LogP) is 4.86. The molecule has 1 nitrogen and oxygen atoms in total. The van der Waals surface area contributed by atoms with Gasteiger partial charge in [0.15, 0.2) is 0 Å². The lowest BCUT2D eigenvalue weighted by molar-refractivity contribution is -0.870. The molecule has 0 aromatic carbocycles. The van der Waals surface area contributed by atoms with Crippen molar-refractivity contribution in [2.24, 2.45) is 0 Å². The molecule has 3 heteroatoms. The molecule has 0 spiro atoms. The van der Waals surface area contributed by atoms with E-state index in [0.29, 0.717) is 0 Å². The number of quaternary nitrogens is 1. The van der Waals surface area contributed by atoms with Gasteiger partial charge in [0.1, 0.15) is 0 Å². The van der Waals surface area contributed by atoms with E-state index in [-0.39, 0.29) is 26.9 Å². The lowest BCUT2D eigenvalue weighted by atomic mass is 10.1. The van der Waals surface area contributed by atoms with Crippen LogP contribution in [0.2, 0.25) is 0 Å². The SMILES string of the molecule is Br.CCCCCCCCCCC[N+](C)(C)C.P. The summed E-state index contributed by atoms with van der Waals surface area (Å²) in [7, 11) is 6.85. The van der Waals surface area contributed by atoms with E-state index in [1.165, 1.54) is 64.3 Å². The van der Waals surface area contributed by atoms with Gasteiger partial charge in [0, 0.05) is 0 Å². The lowest BCUT2D eigenvalue weighted by Crippen LogP contribution is -2.35. The summed E-state index contributed by atoms with van der Waals surface area (Å²) in [5.41, 5.74) is 0. The number of nitrogens with zero attached hydrogens (tertiary/aromatic N) is 1. The Morgan fingerprint density at radius 1 is 0.647 bits per heavy atom. The summed E-state index contributed by atoms with van der Waals surface area (Å²) < 4.78 is 1.12. The Kier molecular flexibility index (Phi) is 20.2. The molecule has 0 amide bonds. The van der Waals surface area contributed by atoms with Crippen molar-refractivity contribution in [2.45, 2.75) is 64.7 Å². The fraction of sp³-hybridized carbons (Fsp3) is 1.00. The molecule has 0 saturated heterocycles. The Morgan fingerprint density at radius 3 is 1.35 bits per heavy atom. The first-order valence-corrected chi connectivity index (χ1v) is 6.86. The van der Waals surface area contributed by atoms with Crippen LogP contribution >= 0.6 is 26.9 Å². The van der Waals surface area contributed by atoms with Gasteiger partial charge in [-0.15, -0.1) is 17.0 Å². The zero-order chi connectivity index (χ0) is 11.6. The molecule has 108 valence electrons. The molecule has 0 saturated carbocycles. The molecule has 0 rings (SSSR count). The van der Waals surface area contributed by atoms with Crippen molar-refractivity contribution >= 4 is 26.9 Å². The van der Waals surface area contributed by atoms with Crippen LogP contribution in [0.5, 0.6) is 0 Å². The number of hydrogen-bond donors (Lipinski definition) is 0. The standard InChI is InChI=1S/C14H32N.BrH.H3P/c1-5-6-7-8-9-10-11-12-13-14-15(2,3)4;;/h5-14H2,1-4H3;1H;1H3/q+1;;.